The van der Waals surface area contributed by atoms with Gasteiger partial charge in [0.2, 0.25) is 5.95 Å². The SMILES string of the molecule is COc1ccc(C#CC(=O)N2CCN(c3ncccn3)C(Br)C2)cc1. The molecule has 1 fully saturated rings. The van der Waals surface area contributed by atoms with E-state index >= 15 is 0 Å². The maximum Gasteiger partial charge on any atom is 0.298 e. The van der Waals surface area contributed by atoms with E-state index in [1.807, 2.05) is 29.2 Å². The number of carbonyl (C=O) groups excluding carboxylic acids is 1. The summed E-state index contributed by atoms with van der Waals surface area (Å²) in [5.41, 5.74) is 0.779. The third kappa shape index (κ3) is 4.28. The highest BCUT2D eigenvalue weighted by Crippen LogP contribution is 2.20. The van der Waals surface area contributed by atoms with E-state index in [4.69, 9.17) is 4.74 Å². The number of amides is 1. The van der Waals surface area contributed by atoms with Gasteiger partial charge in [0.15, 0.2) is 0 Å². The Bertz CT molecular complexity index is 786. The zero-order valence-corrected chi connectivity index (χ0v) is 15.3. The Morgan fingerprint density at radius 1 is 1.24 bits per heavy atom. The second-order valence-corrected chi connectivity index (χ2v) is 6.46. The summed E-state index contributed by atoms with van der Waals surface area (Å²) in [6.45, 7) is 1.75. The molecule has 1 saturated heterocycles. The fraction of sp³-hybridized carbons (Fsp3) is 0.278. The number of nitrogens with zero attached hydrogens (tertiary/aromatic N) is 4. The Labute approximate surface area is 155 Å². The molecule has 0 N–H and O–H groups in total. The summed E-state index contributed by atoms with van der Waals surface area (Å²) in [6.07, 6.45) is 3.42. The highest BCUT2D eigenvalue weighted by molar-refractivity contribution is 9.09. The highest BCUT2D eigenvalue weighted by atomic mass is 79.9. The molecule has 0 spiro atoms. The molecule has 1 unspecified atom stereocenters. The van der Waals surface area contributed by atoms with Gasteiger partial charge in [0.1, 0.15) is 10.7 Å². The van der Waals surface area contributed by atoms with E-state index < -0.39 is 0 Å². The van der Waals surface area contributed by atoms with Crippen LogP contribution >= 0.6 is 15.9 Å². The standard InChI is InChI=1S/C18H17BrN4O2/c1-25-15-6-3-14(4-7-15)5-8-17(24)22-11-12-23(16(19)13-22)18-20-9-2-10-21-18/h2-4,6-7,9-10,16H,11-13H2,1H3. The van der Waals surface area contributed by atoms with Crippen LogP contribution in [0.1, 0.15) is 5.56 Å². The maximum atomic E-state index is 12.3. The van der Waals surface area contributed by atoms with Crippen LogP contribution in [0.2, 0.25) is 0 Å². The number of aromatic nitrogens is 2. The van der Waals surface area contributed by atoms with Gasteiger partial charge in [-0.2, -0.15) is 0 Å². The lowest BCUT2D eigenvalue weighted by Gasteiger charge is -2.37. The van der Waals surface area contributed by atoms with Crippen molar-refractivity contribution in [3.63, 3.8) is 0 Å². The Kier molecular flexibility index (Phi) is 5.51. The van der Waals surface area contributed by atoms with Crippen molar-refractivity contribution in [2.75, 3.05) is 31.6 Å². The van der Waals surface area contributed by atoms with Crippen LogP contribution in [-0.4, -0.2) is 52.5 Å². The first-order valence-electron chi connectivity index (χ1n) is 7.80. The lowest BCUT2D eigenvalue weighted by Crippen LogP contribution is -2.52. The topological polar surface area (TPSA) is 58.6 Å². The summed E-state index contributed by atoms with van der Waals surface area (Å²) in [5.74, 6) is 6.84. The molecule has 25 heavy (non-hydrogen) atoms. The van der Waals surface area contributed by atoms with Crippen molar-refractivity contribution in [2.45, 2.75) is 4.95 Å². The van der Waals surface area contributed by atoms with Crippen molar-refractivity contribution in [3.05, 3.63) is 48.3 Å². The molecule has 2 aromatic rings. The third-order valence-electron chi connectivity index (χ3n) is 3.82. The van der Waals surface area contributed by atoms with E-state index in [9.17, 15) is 4.79 Å². The van der Waals surface area contributed by atoms with Crippen LogP contribution < -0.4 is 9.64 Å². The normalized spacial score (nSPS) is 16.8. The average molecular weight is 401 g/mol. The Balaban J connectivity index is 1.62. The zero-order chi connectivity index (χ0) is 17.6. The number of methoxy groups -OCH3 is 1. The van der Waals surface area contributed by atoms with Crippen LogP contribution in [0.15, 0.2) is 42.7 Å². The average Bonchev–Trinajstić information content (AvgIpc) is 2.67. The largest absolute Gasteiger partial charge is 0.497 e. The molecule has 0 bridgehead atoms. The predicted octanol–water partition coefficient (Wildman–Crippen LogP) is 1.91. The number of rotatable bonds is 2. The quantitative estimate of drug-likeness (QED) is 0.437. The summed E-state index contributed by atoms with van der Waals surface area (Å²) in [6, 6.07) is 9.08. The minimum atomic E-state index is -0.186. The number of ether oxygens (including phenoxy) is 1. The molecule has 3 rings (SSSR count). The van der Waals surface area contributed by atoms with Gasteiger partial charge in [-0.15, -0.1) is 0 Å². The number of alkyl halides is 1. The van der Waals surface area contributed by atoms with Gasteiger partial charge in [-0.05, 0) is 30.3 Å². The maximum absolute atomic E-state index is 12.3. The molecule has 2 heterocycles. The van der Waals surface area contributed by atoms with Gasteiger partial charge in [-0.25, -0.2) is 9.97 Å². The molecule has 6 nitrogen and oxygen atoms in total. The Morgan fingerprint density at radius 3 is 2.60 bits per heavy atom. The molecular weight excluding hydrogens is 384 g/mol. The van der Waals surface area contributed by atoms with E-state index in [2.05, 4.69) is 37.7 Å². The Hall–Kier alpha value is -2.59. The summed E-state index contributed by atoms with van der Waals surface area (Å²) in [5, 5.41) is 0. The van der Waals surface area contributed by atoms with E-state index in [-0.39, 0.29) is 10.9 Å². The second kappa shape index (κ2) is 7.99. The summed E-state index contributed by atoms with van der Waals surface area (Å²) in [4.78, 5) is 24.6. The number of carbonyl (C=O) groups is 1. The molecule has 0 radical (unpaired) electrons. The first kappa shape index (κ1) is 17.2. The lowest BCUT2D eigenvalue weighted by molar-refractivity contribution is -0.125. The first-order valence-corrected chi connectivity index (χ1v) is 8.71. The van der Waals surface area contributed by atoms with Gasteiger partial charge in [0.25, 0.3) is 5.91 Å². The van der Waals surface area contributed by atoms with E-state index in [1.54, 1.807) is 30.5 Å². The lowest BCUT2D eigenvalue weighted by atomic mass is 10.2. The van der Waals surface area contributed by atoms with Gasteiger partial charge in [0.05, 0.1) is 13.7 Å². The van der Waals surface area contributed by atoms with E-state index in [0.717, 1.165) is 11.3 Å². The fourth-order valence-corrected chi connectivity index (χ4v) is 3.21. The van der Waals surface area contributed by atoms with Gasteiger partial charge >= 0.3 is 0 Å². The number of hydrogen-bond donors (Lipinski definition) is 0. The Morgan fingerprint density at radius 2 is 1.96 bits per heavy atom. The number of hydrogen-bond acceptors (Lipinski definition) is 5. The summed E-state index contributed by atoms with van der Waals surface area (Å²) < 4.78 is 5.10. The number of anilines is 1. The molecule has 1 aliphatic rings. The summed E-state index contributed by atoms with van der Waals surface area (Å²) in [7, 11) is 1.61. The van der Waals surface area contributed by atoms with Gasteiger partial charge in [0, 0.05) is 37.0 Å². The number of piperazine rings is 1. The second-order valence-electron chi connectivity index (χ2n) is 5.41. The van der Waals surface area contributed by atoms with Crippen LogP contribution in [0.5, 0.6) is 5.75 Å². The van der Waals surface area contributed by atoms with Crippen LogP contribution in [0.4, 0.5) is 5.95 Å². The molecule has 1 aromatic heterocycles. The number of halogens is 1. The van der Waals surface area contributed by atoms with Crippen molar-refractivity contribution in [3.8, 4) is 17.6 Å². The van der Waals surface area contributed by atoms with Crippen LogP contribution in [0.3, 0.4) is 0 Å². The predicted molar refractivity (Wildman–Crippen MR) is 98.5 cm³/mol. The third-order valence-corrected chi connectivity index (χ3v) is 4.60. The van der Waals surface area contributed by atoms with Crippen molar-refractivity contribution >= 4 is 27.8 Å². The molecule has 1 amide bonds. The number of benzene rings is 1. The monoisotopic (exact) mass is 400 g/mol. The highest BCUT2D eigenvalue weighted by Gasteiger charge is 2.28. The molecule has 1 aliphatic heterocycles. The molecule has 0 aliphatic carbocycles. The van der Waals surface area contributed by atoms with Crippen molar-refractivity contribution in [2.24, 2.45) is 0 Å². The smallest absolute Gasteiger partial charge is 0.298 e. The van der Waals surface area contributed by atoms with Crippen molar-refractivity contribution in [1.82, 2.24) is 14.9 Å². The van der Waals surface area contributed by atoms with Crippen LogP contribution in [0, 0.1) is 11.8 Å². The molecule has 128 valence electrons. The van der Waals surface area contributed by atoms with E-state index in [1.165, 1.54) is 0 Å². The molecular formula is C18H17BrN4O2. The minimum Gasteiger partial charge on any atom is -0.497 e. The van der Waals surface area contributed by atoms with Crippen LogP contribution in [-0.2, 0) is 4.79 Å². The van der Waals surface area contributed by atoms with Gasteiger partial charge < -0.3 is 14.5 Å². The molecule has 1 atom stereocenters. The van der Waals surface area contributed by atoms with Crippen LogP contribution in [0.25, 0.3) is 0 Å². The fourth-order valence-electron chi connectivity index (χ4n) is 2.47. The van der Waals surface area contributed by atoms with Crippen molar-refractivity contribution in [1.29, 1.82) is 0 Å². The molecule has 7 heteroatoms. The first-order chi connectivity index (χ1) is 12.2. The van der Waals surface area contributed by atoms with Gasteiger partial charge in [-0.3, -0.25) is 4.79 Å². The zero-order valence-electron chi connectivity index (χ0n) is 13.7. The van der Waals surface area contributed by atoms with Crippen molar-refractivity contribution < 1.29 is 9.53 Å². The molecule has 1 aromatic carbocycles. The van der Waals surface area contributed by atoms with E-state index in [0.29, 0.717) is 25.6 Å². The minimum absolute atomic E-state index is 0.0459. The molecule has 0 saturated carbocycles. The van der Waals surface area contributed by atoms with Gasteiger partial charge in [-0.1, -0.05) is 21.9 Å². The summed E-state index contributed by atoms with van der Waals surface area (Å²) >= 11 is 3.60.